The van der Waals surface area contributed by atoms with Gasteiger partial charge in [-0.25, -0.2) is 0 Å². The third-order valence-corrected chi connectivity index (χ3v) is 4.49. The monoisotopic (exact) mass is 230 g/mol. The zero-order chi connectivity index (χ0) is 11.8. The Morgan fingerprint density at radius 1 is 1.18 bits per heavy atom. The Hall–Kier alpha value is -1.02. The van der Waals surface area contributed by atoms with Crippen molar-refractivity contribution in [1.82, 2.24) is 0 Å². The summed E-state index contributed by atoms with van der Waals surface area (Å²) < 4.78 is 0. The van der Waals surface area contributed by atoms with Gasteiger partial charge < -0.3 is 10.6 Å². The standard InChI is InChI=1S/C15H22N2/c1-11(16)14-7-2-3-8-15(14)17-9-12-5-4-6-13(12)10-17/h2-3,7-8,11-13H,4-6,9-10,16H2,1H3/t11-,12?,13?/m1/s1. The maximum atomic E-state index is 6.07. The van der Waals surface area contributed by atoms with Crippen molar-refractivity contribution < 1.29 is 0 Å². The molecule has 2 heteroatoms. The van der Waals surface area contributed by atoms with Crippen LogP contribution in [0.15, 0.2) is 24.3 Å². The molecule has 1 aromatic carbocycles. The van der Waals surface area contributed by atoms with Gasteiger partial charge in [0.1, 0.15) is 0 Å². The molecule has 0 amide bonds. The predicted octanol–water partition coefficient (Wildman–Crippen LogP) is 2.94. The van der Waals surface area contributed by atoms with Gasteiger partial charge in [-0.1, -0.05) is 24.6 Å². The van der Waals surface area contributed by atoms with Gasteiger partial charge in [0.15, 0.2) is 0 Å². The van der Waals surface area contributed by atoms with E-state index >= 15 is 0 Å². The summed E-state index contributed by atoms with van der Waals surface area (Å²) >= 11 is 0. The van der Waals surface area contributed by atoms with Crippen molar-refractivity contribution in [1.29, 1.82) is 0 Å². The molecule has 1 aromatic rings. The summed E-state index contributed by atoms with van der Waals surface area (Å²) in [5.74, 6) is 1.88. The van der Waals surface area contributed by atoms with Gasteiger partial charge in [0, 0.05) is 24.8 Å². The van der Waals surface area contributed by atoms with Crippen molar-refractivity contribution in [2.45, 2.75) is 32.2 Å². The Labute approximate surface area is 104 Å². The molecule has 1 aliphatic carbocycles. The summed E-state index contributed by atoms with van der Waals surface area (Å²) in [6, 6.07) is 8.77. The highest BCUT2D eigenvalue weighted by molar-refractivity contribution is 5.55. The van der Waals surface area contributed by atoms with Crippen LogP contribution in [0.1, 0.15) is 37.8 Å². The summed E-state index contributed by atoms with van der Waals surface area (Å²) in [6.07, 6.45) is 4.31. The van der Waals surface area contributed by atoms with Crippen LogP contribution < -0.4 is 10.6 Å². The largest absolute Gasteiger partial charge is 0.371 e. The minimum Gasteiger partial charge on any atom is -0.371 e. The lowest BCUT2D eigenvalue weighted by Crippen LogP contribution is -2.23. The fourth-order valence-electron chi connectivity index (χ4n) is 3.59. The minimum absolute atomic E-state index is 0.131. The Bertz CT molecular complexity index is 388. The number of anilines is 1. The first kappa shape index (κ1) is 11.1. The first-order valence-electron chi connectivity index (χ1n) is 6.85. The lowest BCUT2D eigenvalue weighted by atomic mass is 10.0. The molecule has 2 nitrogen and oxygen atoms in total. The molecular formula is C15H22N2. The predicted molar refractivity (Wildman–Crippen MR) is 72.1 cm³/mol. The second kappa shape index (κ2) is 4.34. The number of fused-ring (bicyclic) bond motifs is 1. The van der Waals surface area contributed by atoms with Crippen LogP contribution in [-0.2, 0) is 0 Å². The maximum absolute atomic E-state index is 6.07. The van der Waals surface area contributed by atoms with E-state index in [4.69, 9.17) is 5.73 Å². The Morgan fingerprint density at radius 2 is 1.82 bits per heavy atom. The molecule has 0 spiro atoms. The summed E-state index contributed by atoms with van der Waals surface area (Å²) in [5.41, 5.74) is 8.74. The average molecular weight is 230 g/mol. The van der Waals surface area contributed by atoms with Gasteiger partial charge >= 0.3 is 0 Å². The fourth-order valence-corrected chi connectivity index (χ4v) is 3.59. The summed E-state index contributed by atoms with van der Waals surface area (Å²) in [5, 5.41) is 0. The van der Waals surface area contributed by atoms with E-state index in [-0.39, 0.29) is 6.04 Å². The third kappa shape index (κ3) is 1.95. The van der Waals surface area contributed by atoms with Gasteiger partial charge in [0.25, 0.3) is 0 Å². The number of para-hydroxylation sites is 1. The zero-order valence-electron chi connectivity index (χ0n) is 10.6. The molecule has 0 radical (unpaired) electrons. The first-order chi connectivity index (χ1) is 8.25. The lowest BCUT2D eigenvalue weighted by Gasteiger charge is -2.24. The second-order valence-electron chi connectivity index (χ2n) is 5.70. The van der Waals surface area contributed by atoms with E-state index in [1.807, 2.05) is 0 Å². The van der Waals surface area contributed by atoms with Gasteiger partial charge in [-0.3, -0.25) is 0 Å². The SMILES string of the molecule is C[C@@H](N)c1ccccc1N1CC2CCCC2C1. The van der Waals surface area contributed by atoms with Gasteiger partial charge in [0.05, 0.1) is 0 Å². The highest BCUT2D eigenvalue weighted by Gasteiger charge is 2.36. The van der Waals surface area contributed by atoms with Gasteiger partial charge in [-0.05, 0) is 43.2 Å². The molecule has 0 aromatic heterocycles. The van der Waals surface area contributed by atoms with E-state index in [2.05, 4.69) is 36.1 Å². The lowest BCUT2D eigenvalue weighted by molar-refractivity contribution is 0.494. The highest BCUT2D eigenvalue weighted by Crippen LogP contribution is 2.40. The molecule has 1 aliphatic heterocycles. The molecule has 92 valence electrons. The van der Waals surface area contributed by atoms with Crippen molar-refractivity contribution in [3.05, 3.63) is 29.8 Å². The second-order valence-corrected chi connectivity index (χ2v) is 5.70. The van der Waals surface area contributed by atoms with Gasteiger partial charge in [0.2, 0.25) is 0 Å². The fraction of sp³-hybridized carbons (Fsp3) is 0.600. The number of rotatable bonds is 2. The number of hydrogen-bond acceptors (Lipinski definition) is 2. The van der Waals surface area contributed by atoms with Crippen LogP contribution in [-0.4, -0.2) is 13.1 Å². The van der Waals surface area contributed by atoms with E-state index in [9.17, 15) is 0 Å². The number of nitrogens with zero attached hydrogens (tertiary/aromatic N) is 1. The van der Waals surface area contributed by atoms with Crippen LogP contribution in [0, 0.1) is 11.8 Å². The molecule has 2 unspecified atom stereocenters. The maximum Gasteiger partial charge on any atom is 0.0414 e. The van der Waals surface area contributed by atoms with Crippen molar-refractivity contribution in [3.63, 3.8) is 0 Å². The molecular weight excluding hydrogens is 208 g/mol. The molecule has 2 aliphatic rings. The Kier molecular flexibility index (Phi) is 2.83. The van der Waals surface area contributed by atoms with Crippen LogP contribution in [0.25, 0.3) is 0 Å². The van der Waals surface area contributed by atoms with E-state index in [1.165, 1.54) is 43.6 Å². The highest BCUT2D eigenvalue weighted by atomic mass is 15.2. The summed E-state index contributed by atoms with van der Waals surface area (Å²) in [7, 11) is 0. The molecule has 17 heavy (non-hydrogen) atoms. The van der Waals surface area contributed by atoms with E-state index < -0.39 is 0 Å². The van der Waals surface area contributed by atoms with E-state index in [1.54, 1.807) is 0 Å². The summed E-state index contributed by atoms with van der Waals surface area (Å²) in [4.78, 5) is 2.56. The molecule has 2 fully saturated rings. The normalized spacial score (nSPS) is 29.4. The number of nitrogens with two attached hydrogens (primary N) is 1. The molecule has 2 N–H and O–H groups in total. The third-order valence-electron chi connectivity index (χ3n) is 4.49. The van der Waals surface area contributed by atoms with E-state index in [0.29, 0.717) is 0 Å². The smallest absolute Gasteiger partial charge is 0.0414 e. The minimum atomic E-state index is 0.131. The average Bonchev–Trinajstić information content (AvgIpc) is 2.88. The quantitative estimate of drug-likeness (QED) is 0.846. The molecule has 3 rings (SSSR count). The Morgan fingerprint density at radius 3 is 2.47 bits per heavy atom. The van der Waals surface area contributed by atoms with Crippen LogP contribution in [0.5, 0.6) is 0 Å². The Balaban J connectivity index is 1.85. The zero-order valence-corrected chi connectivity index (χ0v) is 10.6. The molecule has 1 saturated heterocycles. The van der Waals surface area contributed by atoms with Gasteiger partial charge in [-0.2, -0.15) is 0 Å². The van der Waals surface area contributed by atoms with Crippen LogP contribution >= 0.6 is 0 Å². The van der Waals surface area contributed by atoms with Crippen LogP contribution in [0.4, 0.5) is 5.69 Å². The van der Waals surface area contributed by atoms with Crippen molar-refractivity contribution >= 4 is 5.69 Å². The van der Waals surface area contributed by atoms with Crippen molar-refractivity contribution in [2.75, 3.05) is 18.0 Å². The van der Waals surface area contributed by atoms with Crippen molar-refractivity contribution in [2.24, 2.45) is 17.6 Å². The van der Waals surface area contributed by atoms with Gasteiger partial charge in [-0.15, -0.1) is 0 Å². The topological polar surface area (TPSA) is 29.3 Å². The number of hydrogen-bond donors (Lipinski definition) is 1. The van der Waals surface area contributed by atoms with Crippen molar-refractivity contribution in [3.8, 4) is 0 Å². The van der Waals surface area contributed by atoms with E-state index in [0.717, 1.165) is 11.8 Å². The molecule has 1 saturated carbocycles. The molecule has 1 heterocycles. The first-order valence-corrected chi connectivity index (χ1v) is 6.85. The number of benzene rings is 1. The summed E-state index contributed by atoms with van der Waals surface area (Å²) in [6.45, 7) is 4.57. The van der Waals surface area contributed by atoms with Crippen LogP contribution in [0.3, 0.4) is 0 Å². The molecule has 0 bridgehead atoms. The molecule has 3 atom stereocenters. The van der Waals surface area contributed by atoms with Crippen LogP contribution in [0.2, 0.25) is 0 Å².